The summed E-state index contributed by atoms with van der Waals surface area (Å²) >= 11 is 5.74. The molecule has 12 heavy (non-hydrogen) atoms. The lowest BCUT2D eigenvalue weighted by Crippen LogP contribution is -2.33. The normalized spacial score (nSPS) is 17.9. The van der Waals surface area contributed by atoms with Crippen LogP contribution >= 0.6 is 11.6 Å². The van der Waals surface area contributed by atoms with Crippen molar-refractivity contribution < 1.29 is 0 Å². The molecular weight excluding hydrogens is 174 g/mol. The Balaban J connectivity index is 2.43. The number of halogens is 1. The lowest BCUT2D eigenvalue weighted by molar-refractivity contribution is 0.673. The van der Waals surface area contributed by atoms with Crippen LogP contribution in [0, 0.1) is 0 Å². The van der Waals surface area contributed by atoms with Gasteiger partial charge in [-0.1, -0.05) is 11.6 Å². The minimum atomic E-state index is -0.125. The minimum absolute atomic E-state index is 0.125. The summed E-state index contributed by atoms with van der Waals surface area (Å²) in [5.41, 5.74) is 0.879. The van der Waals surface area contributed by atoms with Crippen molar-refractivity contribution in [2.24, 2.45) is 0 Å². The lowest BCUT2D eigenvalue weighted by Gasteiger charge is -2.18. The third-order valence-electron chi connectivity index (χ3n) is 1.74. The van der Waals surface area contributed by atoms with E-state index in [4.69, 9.17) is 11.6 Å². The fourth-order valence-corrected chi connectivity index (χ4v) is 1.44. The van der Waals surface area contributed by atoms with Gasteiger partial charge in [0, 0.05) is 0 Å². The Kier molecular flexibility index (Phi) is 1.45. The highest BCUT2D eigenvalue weighted by Gasteiger charge is 2.26. The van der Waals surface area contributed by atoms with Gasteiger partial charge in [0.1, 0.15) is 10.8 Å². The van der Waals surface area contributed by atoms with Crippen LogP contribution in [0.2, 0.25) is 5.15 Å². The monoisotopic (exact) mass is 183 g/mol. The fourth-order valence-electron chi connectivity index (χ4n) is 1.30. The van der Waals surface area contributed by atoms with Gasteiger partial charge >= 0.3 is 0 Å². The van der Waals surface area contributed by atoms with Crippen molar-refractivity contribution in [3.05, 3.63) is 17.3 Å². The second kappa shape index (κ2) is 2.26. The highest BCUT2D eigenvalue weighted by atomic mass is 35.5. The molecule has 1 aromatic rings. The molecule has 0 radical (unpaired) electrons. The maximum absolute atomic E-state index is 5.74. The van der Waals surface area contributed by atoms with E-state index >= 15 is 0 Å². The van der Waals surface area contributed by atoms with E-state index in [0.717, 1.165) is 11.5 Å². The molecule has 0 amide bonds. The Bertz CT molecular complexity index is 322. The predicted molar refractivity (Wildman–Crippen MR) is 50.6 cm³/mol. The van der Waals surface area contributed by atoms with Crippen LogP contribution in [0.3, 0.4) is 0 Å². The maximum Gasteiger partial charge on any atom is 0.153 e. The van der Waals surface area contributed by atoms with Gasteiger partial charge in [-0.05, 0) is 26.0 Å². The average molecular weight is 184 g/mol. The Labute approximate surface area is 76.1 Å². The summed E-state index contributed by atoms with van der Waals surface area (Å²) in [7, 11) is 0. The molecule has 1 aromatic heterocycles. The van der Waals surface area contributed by atoms with E-state index in [9.17, 15) is 0 Å². The standard InChI is InChI=1S/C8H10ClN3/c1-8(2)11-5-3-4-6(9)10-7(5)12-8/h3-4,11H,1-2H3,(H,10,12). The molecule has 4 heteroatoms. The van der Waals surface area contributed by atoms with Crippen LogP contribution in [0.4, 0.5) is 11.5 Å². The SMILES string of the molecule is CC1(C)Nc2ccc(Cl)nc2N1. The molecule has 2 N–H and O–H groups in total. The van der Waals surface area contributed by atoms with E-state index in [-0.39, 0.29) is 5.66 Å². The summed E-state index contributed by atoms with van der Waals surface area (Å²) in [5, 5.41) is 6.99. The predicted octanol–water partition coefficient (Wildman–Crippen LogP) is 2.31. The number of hydrogen-bond donors (Lipinski definition) is 2. The van der Waals surface area contributed by atoms with Gasteiger partial charge < -0.3 is 10.6 Å². The number of aromatic nitrogens is 1. The minimum Gasteiger partial charge on any atom is -0.360 e. The first-order valence-corrected chi connectivity index (χ1v) is 4.17. The molecule has 0 aliphatic carbocycles. The van der Waals surface area contributed by atoms with Crippen molar-refractivity contribution in [3.8, 4) is 0 Å². The molecule has 2 rings (SSSR count). The van der Waals surface area contributed by atoms with Crippen LogP contribution in [0.5, 0.6) is 0 Å². The molecule has 0 saturated carbocycles. The molecule has 3 nitrogen and oxygen atoms in total. The first kappa shape index (κ1) is 7.68. The largest absolute Gasteiger partial charge is 0.360 e. The molecule has 0 fully saturated rings. The number of hydrogen-bond acceptors (Lipinski definition) is 3. The number of rotatable bonds is 0. The van der Waals surface area contributed by atoms with Gasteiger partial charge in [0.25, 0.3) is 0 Å². The van der Waals surface area contributed by atoms with Crippen molar-refractivity contribution >= 4 is 23.1 Å². The van der Waals surface area contributed by atoms with Gasteiger partial charge in [0.15, 0.2) is 5.82 Å². The van der Waals surface area contributed by atoms with Crippen LogP contribution in [0.15, 0.2) is 12.1 Å². The number of nitrogens with zero attached hydrogens (tertiary/aromatic N) is 1. The van der Waals surface area contributed by atoms with Crippen molar-refractivity contribution in [2.45, 2.75) is 19.5 Å². The Hall–Kier alpha value is -0.960. The Morgan fingerprint density at radius 3 is 2.83 bits per heavy atom. The van der Waals surface area contributed by atoms with E-state index in [2.05, 4.69) is 15.6 Å². The van der Waals surface area contributed by atoms with Gasteiger partial charge in [-0.3, -0.25) is 0 Å². The number of nitrogens with one attached hydrogen (secondary N) is 2. The van der Waals surface area contributed by atoms with Crippen LogP contribution in [-0.4, -0.2) is 10.6 Å². The van der Waals surface area contributed by atoms with Crippen molar-refractivity contribution in [1.82, 2.24) is 4.98 Å². The smallest absolute Gasteiger partial charge is 0.153 e. The zero-order valence-electron chi connectivity index (χ0n) is 6.98. The highest BCUT2D eigenvalue weighted by molar-refractivity contribution is 6.29. The zero-order chi connectivity index (χ0) is 8.77. The Morgan fingerprint density at radius 1 is 1.33 bits per heavy atom. The third-order valence-corrected chi connectivity index (χ3v) is 1.95. The molecule has 0 spiro atoms. The van der Waals surface area contributed by atoms with Gasteiger partial charge in [0.05, 0.1) is 5.69 Å². The number of anilines is 2. The van der Waals surface area contributed by atoms with Crippen molar-refractivity contribution in [1.29, 1.82) is 0 Å². The lowest BCUT2D eigenvalue weighted by atomic mass is 10.3. The highest BCUT2D eigenvalue weighted by Crippen LogP contribution is 2.32. The first-order chi connectivity index (χ1) is 5.57. The zero-order valence-corrected chi connectivity index (χ0v) is 7.74. The molecule has 0 saturated heterocycles. The summed E-state index contributed by atoms with van der Waals surface area (Å²) in [6.07, 6.45) is 0. The van der Waals surface area contributed by atoms with Crippen LogP contribution in [0.1, 0.15) is 13.8 Å². The van der Waals surface area contributed by atoms with E-state index in [0.29, 0.717) is 5.15 Å². The second-order valence-corrected chi connectivity index (χ2v) is 3.79. The number of pyridine rings is 1. The van der Waals surface area contributed by atoms with Gasteiger partial charge in [0.2, 0.25) is 0 Å². The molecule has 64 valence electrons. The maximum atomic E-state index is 5.74. The average Bonchev–Trinajstić information content (AvgIpc) is 2.21. The molecule has 2 heterocycles. The third kappa shape index (κ3) is 1.20. The quantitative estimate of drug-likeness (QED) is 0.607. The molecular formula is C8H10ClN3. The summed E-state index contributed by atoms with van der Waals surface area (Å²) in [6.45, 7) is 4.09. The molecule has 0 unspecified atom stereocenters. The molecule has 0 atom stereocenters. The molecule has 1 aliphatic heterocycles. The van der Waals surface area contributed by atoms with Crippen LogP contribution < -0.4 is 10.6 Å². The molecule has 1 aliphatic rings. The van der Waals surface area contributed by atoms with Gasteiger partial charge in [-0.2, -0.15) is 0 Å². The summed E-state index contributed by atoms with van der Waals surface area (Å²) in [4.78, 5) is 4.14. The summed E-state index contributed by atoms with van der Waals surface area (Å²) < 4.78 is 0. The van der Waals surface area contributed by atoms with Gasteiger partial charge in [-0.25, -0.2) is 4.98 Å². The summed E-state index contributed by atoms with van der Waals surface area (Å²) in [5.74, 6) is 0.826. The Morgan fingerprint density at radius 2 is 2.08 bits per heavy atom. The first-order valence-electron chi connectivity index (χ1n) is 3.80. The topological polar surface area (TPSA) is 37.0 Å². The van der Waals surface area contributed by atoms with Gasteiger partial charge in [-0.15, -0.1) is 0 Å². The molecule has 0 aromatic carbocycles. The number of fused-ring (bicyclic) bond motifs is 1. The van der Waals surface area contributed by atoms with Crippen LogP contribution in [0.25, 0.3) is 0 Å². The van der Waals surface area contributed by atoms with Crippen LogP contribution in [-0.2, 0) is 0 Å². The van der Waals surface area contributed by atoms with E-state index in [1.54, 1.807) is 6.07 Å². The van der Waals surface area contributed by atoms with E-state index in [1.165, 1.54) is 0 Å². The fraction of sp³-hybridized carbons (Fsp3) is 0.375. The molecule has 0 bridgehead atoms. The van der Waals surface area contributed by atoms with E-state index < -0.39 is 0 Å². The van der Waals surface area contributed by atoms with Crippen molar-refractivity contribution in [2.75, 3.05) is 10.6 Å². The van der Waals surface area contributed by atoms with Crippen molar-refractivity contribution in [3.63, 3.8) is 0 Å². The second-order valence-electron chi connectivity index (χ2n) is 3.41. The van der Waals surface area contributed by atoms with E-state index in [1.807, 2.05) is 19.9 Å². The summed E-state index contributed by atoms with van der Waals surface area (Å²) in [6, 6.07) is 3.70.